The molecular weight excluding hydrogens is 252 g/mol. The molecule has 0 bridgehead atoms. The molecule has 0 aromatic heterocycles. The SMILES string of the molecule is C=CC(O)(c1ccccc1)c1ccc(OC)cc1OC. The molecule has 0 aliphatic heterocycles. The van der Waals surface area contributed by atoms with Crippen molar-refractivity contribution in [2.24, 2.45) is 0 Å². The van der Waals surface area contributed by atoms with Crippen LogP contribution >= 0.6 is 0 Å². The van der Waals surface area contributed by atoms with Crippen molar-refractivity contribution < 1.29 is 14.6 Å². The Morgan fingerprint density at radius 1 is 1.05 bits per heavy atom. The van der Waals surface area contributed by atoms with Crippen LogP contribution in [0.25, 0.3) is 0 Å². The molecule has 3 heteroatoms. The number of hydrogen-bond donors (Lipinski definition) is 1. The van der Waals surface area contributed by atoms with Crippen LogP contribution in [-0.2, 0) is 5.60 Å². The first-order chi connectivity index (χ1) is 9.65. The van der Waals surface area contributed by atoms with Crippen molar-refractivity contribution in [2.75, 3.05) is 14.2 Å². The van der Waals surface area contributed by atoms with Crippen molar-refractivity contribution in [1.82, 2.24) is 0 Å². The van der Waals surface area contributed by atoms with Crippen molar-refractivity contribution in [1.29, 1.82) is 0 Å². The summed E-state index contributed by atoms with van der Waals surface area (Å²) in [6.07, 6.45) is 1.51. The Hall–Kier alpha value is -2.26. The highest BCUT2D eigenvalue weighted by atomic mass is 16.5. The summed E-state index contributed by atoms with van der Waals surface area (Å²) in [5.74, 6) is 1.22. The first kappa shape index (κ1) is 14.2. The number of methoxy groups -OCH3 is 2. The predicted molar refractivity (Wildman–Crippen MR) is 79.2 cm³/mol. The molecule has 3 nitrogen and oxygen atoms in total. The molecule has 0 fully saturated rings. The van der Waals surface area contributed by atoms with E-state index in [9.17, 15) is 5.11 Å². The van der Waals surface area contributed by atoms with Crippen LogP contribution in [0.5, 0.6) is 11.5 Å². The van der Waals surface area contributed by atoms with E-state index in [-0.39, 0.29) is 0 Å². The molecule has 1 unspecified atom stereocenters. The van der Waals surface area contributed by atoms with Crippen LogP contribution in [-0.4, -0.2) is 19.3 Å². The van der Waals surface area contributed by atoms with Crippen LogP contribution in [0, 0.1) is 0 Å². The maximum atomic E-state index is 11.0. The van der Waals surface area contributed by atoms with Gasteiger partial charge in [0, 0.05) is 11.6 Å². The summed E-state index contributed by atoms with van der Waals surface area (Å²) in [4.78, 5) is 0. The minimum atomic E-state index is -1.31. The molecule has 1 N–H and O–H groups in total. The van der Waals surface area contributed by atoms with Crippen LogP contribution in [0.15, 0.2) is 61.2 Å². The summed E-state index contributed by atoms with van der Waals surface area (Å²) in [6.45, 7) is 3.77. The molecule has 0 saturated carbocycles. The third kappa shape index (κ3) is 2.40. The van der Waals surface area contributed by atoms with Crippen LogP contribution in [0.3, 0.4) is 0 Å². The van der Waals surface area contributed by atoms with Crippen molar-refractivity contribution >= 4 is 0 Å². The average molecular weight is 270 g/mol. The molecule has 0 aliphatic carbocycles. The Morgan fingerprint density at radius 2 is 1.75 bits per heavy atom. The monoisotopic (exact) mass is 270 g/mol. The van der Waals surface area contributed by atoms with E-state index in [2.05, 4.69) is 6.58 Å². The summed E-state index contributed by atoms with van der Waals surface area (Å²) >= 11 is 0. The van der Waals surface area contributed by atoms with Gasteiger partial charge in [-0.25, -0.2) is 0 Å². The first-order valence-corrected chi connectivity index (χ1v) is 6.29. The van der Waals surface area contributed by atoms with Gasteiger partial charge in [-0.15, -0.1) is 0 Å². The molecule has 2 aromatic carbocycles. The van der Waals surface area contributed by atoms with Crippen molar-refractivity contribution in [3.63, 3.8) is 0 Å². The maximum absolute atomic E-state index is 11.0. The molecular formula is C17H18O3. The lowest BCUT2D eigenvalue weighted by molar-refractivity contribution is 0.131. The van der Waals surface area contributed by atoms with E-state index in [0.29, 0.717) is 17.1 Å². The second-order valence-corrected chi connectivity index (χ2v) is 4.40. The predicted octanol–water partition coefficient (Wildman–Crippen LogP) is 3.13. The molecule has 0 heterocycles. The van der Waals surface area contributed by atoms with Gasteiger partial charge in [-0.05, 0) is 17.7 Å². The second kappa shape index (κ2) is 5.80. The van der Waals surface area contributed by atoms with E-state index < -0.39 is 5.60 Å². The molecule has 20 heavy (non-hydrogen) atoms. The Labute approximate surface area is 119 Å². The van der Waals surface area contributed by atoms with Gasteiger partial charge >= 0.3 is 0 Å². The van der Waals surface area contributed by atoms with Gasteiger partial charge in [-0.3, -0.25) is 0 Å². The number of aliphatic hydroxyl groups is 1. The van der Waals surface area contributed by atoms with Gasteiger partial charge in [0.15, 0.2) is 0 Å². The number of benzene rings is 2. The minimum Gasteiger partial charge on any atom is -0.497 e. The van der Waals surface area contributed by atoms with E-state index in [1.54, 1.807) is 32.4 Å². The second-order valence-electron chi connectivity index (χ2n) is 4.40. The van der Waals surface area contributed by atoms with Crippen molar-refractivity contribution in [2.45, 2.75) is 5.60 Å². The van der Waals surface area contributed by atoms with Crippen LogP contribution in [0.4, 0.5) is 0 Å². The van der Waals surface area contributed by atoms with E-state index in [1.807, 2.05) is 30.3 Å². The maximum Gasteiger partial charge on any atom is 0.136 e. The highest BCUT2D eigenvalue weighted by molar-refractivity contribution is 5.50. The van der Waals surface area contributed by atoms with E-state index >= 15 is 0 Å². The smallest absolute Gasteiger partial charge is 0.136 e. The average Bonchev–Trinajstić information content (AvgIpc) is 2.54. The minimum absolute atomic E-state index is 0.551. The van der Waals surface area contributed by atoms with Gasteiger partial charge in [-0.1, -0.05) is 43.0 Å². The lowest BCUT2D eigenvalue weighted by Gasteiger charge is -2.27. The summed E-state index contributed by atoms with van der Waals surface area (Å²) < 4.78 is 10.5. The van der Waals surface area contributed by atoms with E-state index in [1.165, 1.54) is 6.08 Å². The van der Waals surface area contributed by atoms with E-state index in [0.717, 1.165) is 5.56 Å². The highest BCUT2D eigenvalue weighted by Crippen LogP contribution is 2.38. The van der Waals surface area contributed by atoms with Gasteiger partial charge in [0.05, 0.1) is 14.2 Å². The Kier molecular flexibility index (Phi) is 4.11. The zero-order chi connectivity index (χ0) is 14.6. The fourth-order valence-electron chi connectivity index (χ4n) is 2.19. The zero-order valence-electron chi connectivity index (χ0n) is 11.7. The normalized spacial score (nSPS) is 13.3. The molecule has 0 spiro atoms. The van der Waals surface area contributed by atoms with Gasteiger partial charge < -0.3 is 14.6 Å². The van der Waals surface area contributed by atoms with Crippen LogP contribution in [0.1, 0.15) is 11.1 Å². The van der Waals surface area contributed by atoms with Gasteiger partial charge in [0.1, 0.15) is 17.1 Å². The molecule has 0 aliphatic rings. The quantitative estimate of drug-likeness (QED) is 0.848. The Balaban J connectivity index is 2.60. The topological polar surface area (TPSA) is 38.7 Å². The van der Waals surface area contributed by atoms with Gasteiger partial charge in [-0.2, -0.15) is 0 Å². The number of rotatable bonds is 5. The Morgan fingerprint density at radius 3 is 2.30 bits per heavy atom. The largest absolute Gasteiger partial charge is 0.497 e. The molecule has 104 valence electrons. The molecule has 0 amide bonds. The molecule has 0 saturated heterocycles. The fraction of sp³-hybridized carbons (Fsp3) is 0.176. The highest BCUT2D eigenvalue weighted by Gasteiger charge is 2.31. The molecule has 0 radical (unpaired) electrons. The van der Waals surface area contributed by atoms with Crippen molar-refractivity contribution in [3.8, 4) is 11.5 Å². The lowest BCUT2D eigenvalue weighted by Crippen LogP contribution is -2.25. The third-order valence-corrected chi connectivity index (χ3v) is 3.33. The zero-order valence-corrected chi connectivity index (χ0v) is 11.7. The van der Waals surface area contributed by atoms with Crippen molar-refractivity contribution in [3.05, 3.63) is 72.3 Å². The summed E-state index contributed by atoms with van der Waals surface area (Å²) in [5, 5.41) is 11.0. The third-order valence-electron chi connectivity index (χ3n) is 3.33. The molecule has 2 rings (SSSR count). The van der Waals surface area contributed by atoms with Crippen LogP contribution in [0.2, 0.25) is 0 Å². The Bertz CT molecular complexity index is 592. The number of ether oxygens (including phenoxy) is 2. The van der Waals surface area contributed by atoms with E-state index in [4.69, 9.17) is 9.47 Å². The molecule has 1 atom stereocenters. The summed E-state index contributed by atoms with van der Waals surface area (Å²) in [6, 6.07) is 14.7. The van der Waals surface area contributed by atoms with Gasteiger partial charge in [0.25, 0.3) is 0 Å². The van der Waals surface area contributed by atoms with Crippen LogP contribution < -0.4 is 9.47 Å². The first-order valence-electron chi connectivity index (χ1n) is 6.29. The standard InChI is InChI=1S/C17H18O3/c1-4-17(18,13-8-6-5-7-9-13)15-11-10-14(19-2)12-16(15)20-3/h4-12,18H,1H2,2-3H3. The van der Waals surface area contributed by atoms with Gasteiger partial charge in [0.2, 0.25) is 0 Å². The summed E-state index contributed by atoms with van der Waals surface area (Å²) in [5.41, 5.74) is 0.0549. The summed E-state index contributed by atoms with van der Waals surface area (Å²) in [7, 11) is 3.15. The number of hydrogen-bond acceptors (Lipinski definition) is 3. The lowest BCUT2D eigenvalue weighted by atomic mass is 9.86. The molecule has 2 aromatic rings. The fourth-order valence-corrected chi connectivity index (χ4v) is 2.19.